The lowest BCUT2D eigenvalue weighted by Crippen LogP contribution is -2.19. The van der Waals surface area contributed by atoms with Gasteiger partial charge in [0.15, 0.2) is 5.17 Å². The van der Waals surface area contributed by atoms with E-state index in [0.717, 1.165) is 11.3 Å². The van der Waals surface area contributed by atoms with E-state index in [1.165, 1.54) is 17.8 Å². The van der Waals surface area contributed by atoms with Crippen LogP contribution in [-0.4, -0.2) is 30.1 Å². The van der Waals surface area contributed by atoms with Gasteiger partial charge in [-0.25, -0.2) is 4.99 Å². The van der Waals surface area contributed by atoms with Crippen LogP contribution in [-0.2, 0) is 4.79 Å². The van der Waals surface area contributed by atoms with Crippen LogP contribution in [0.1, 0.15) is 11.1 Å². The molecule has 138 valence electrons. The van der Waals surface area contributed by atoms with Crippen LogP contribution >= 0.6 is 11.8 Å². The number of amidine groups is 1. The van der Waals surface area contributed by atoms with E-state index in [1.807, 2.05) is 31.2 Å². The average Bonchev–Trinajstić information content (AvgIpc) is 2.96. The Morgan fingerprint density at radius 1 is 1.22 bits per heavy atom. The molecule has 1 heterocycles. The molecule has 1 aliphatic heterocycles. The predicted molar refractivity (Wildman–Crippen MR) is 109 cm³/mol. The van der Waals surface area contributed by atoms with E-state index in [2.05, 4.69) is 10.3 Å². The molecule has 0 atom stereocenters. The highest BCUT2D eigenvalue weighted by Crippen LogP contribution is 2.32. The maximum atomic E-state index is 12.2. The van der Waals surface area contributed by atoms with Crippen molar-refractivity contribution in [3.05, 3.63) is 68.6 Å². The zero-order chi connectivity index (χ0) is 19.6. The number of para-hydroxylation sites is 1. The molecular weight excluding hydrogens is 364 g/mol. The van der Waals surface area contributed by atoms with Crippen molar-refractivity contribution in [2.24, 2.45) is 4.99 Å². The Morgan fingerprint density at radius 3 is 2.63 bits per heavy atom. The van der Waals surface area contributed by atoms with Crippen molar-refractivity contribution in [3.63, 3.8) is 0 Å². The molecule has 0 saturated carbocycles. The van der Waals surface area contributed by atoms with Crippen LogP contribution in [0.5, 0.6) is 0 Å². The van der Waals surface area contributed by atoms with Crippen LogP contribution in [0.25, 0.3) is 6.08 Å². The fourth-order valence-corrected chi connectivity index (χ4v) is 3.42. The van der Waals surface area contributed by atoms with Gasteiger partial charge in [0, 0.05) is 20.2 Å². The topological polar surface area (TPSA) is 87.8 Å². The molecule has 1 N–H and O–H groups in total. The minimum absolute atomic E-state index is 0.00782. The summed E-state index contributed by atoms with van der Waals surface area (Å²) in [5, 5.41) is 14.5. The molecule has 0 aliphatic carbocycles. The van der Waals surface area contributed by atoms with Gasteiger partial charge in [0.2, 0.25) is 0 Å². The maximum Gasteiger partial charge on any atom is 0.293 e. The first kappa shape index (κ1) is 18.7. The fourth-order valence-electron chi connectivity index (χ4n) is 2.58. The molecule has 8 heteroatoms. The van der Waals surface area contributed by atoms with Crippen molar-refractivity contribution in [2.45, 2.75) is 6.92 Å². The molecule has 1 aliphatic rings. The van der Waals surface area contributed by atoms with E-state index in [-0.39, 0.29) is 11.6 Å². The smallest absolute Gasteiger partial charge is 0.293 e. The number of carbonyl (C=O) groups is 1. The van der Waals surface area contributed by atoms with Crippen LogP contribution in [0.3, 0.4) is 0 Å². The van der Waals surface area contributed by atoms with Gasteiger partial charge < -0.3 is 10.2 Å². The summed E-state index contributed by atoms with van der Waals surface area (Å²) in [5.74, 6) is -0.272. The number of rotatable bonds is 4. The summed E-state index contributed by atoms with van der Waals surface area (Å²) in [6, 6.07) is 12.5. The molecule has 0 spiro atoms. The number of hydrogen-bond acceptors (Lipinski definition) is 6. The number of aryl methyl sites for hydroxylation is 1. The minimum Gasteiger partial charge on any atom is -0.372 e. The molecule has 1 amide bonds. The Bertz CT molecular complexity index is 983. The summed E-state index contributed by atoms with van der Waals surface area (Å²) >= 11 is 1.21. The van der Waals surface area contributed by atoms with Gasteiger partial charge >= 0.3 is 0 Å². The number of nitro groups is 1. The predicted octanol–water partition coefficient (Wildman–Crippen LogP) is 3.86. The molecule has 2 aromatic carbocycles. The van der Waals surface area contributed by atoms with Crippen LogP contribution < -0.4 is 10.2 Å². The van der Waals surface area contributed by atoms with E-state index in [4.69, 9.17) is 0 Å². The number of carbonyl (C=O) groups excluding carboxylic acids is 1. The normalized spacial score (nSPS) is 16.6. The lowest BCUT2D eigenvalue weighted by atomic mass is 10.1. The number of anilines is 1. The standard InChI is InChI=1S/C19H18N4O3S/c1-12-6-4-5-7-14(12)20-19-21-18(24)17(27-19)11-13-8-9-15(22(2)3)16(10-13)23(25)26/h4-11H,1-3H3,(H,20,21,24)/b17-11+. The van der Waals surface area contributed by atoms with Gasteiger partial charge in [-0.15, -0.1) is 0 Å². The number of amides is 1. The molecule has 1 saturated heterocycles. The third kappa shape index (κ3) is 4.17. The summed E-state index contributed by atoms with van der Waals surface area (Å²) in [6.07, 6.45) is 1.63. The molecule has 0 unspecified atom stereocenters. The lowest BCUT2D eigenvalue weighted by molar-refractivity contribution is -0.384. The molecule has 3 rings (SSSR count). The molecule has 0 aromatic heterocycles. The van der Waals surface area contributed by atoms with Gasteiger partial charge in [-0.05, 0) is 48.0 Å². The quantitative estimate of drug-likeness (QED) is 0.493. The SMILES string of the molecule is Cc1ccccc1N=C1NC(=O)/C(=C\c2ccc(N(C)C)c([N+](=O)[O-])c2)S1. The Morgan fingerprint density at radius 2 is 1.96 bits per heavy atom. The summed E-state index contributed by atoms with van der Waals surface area (Å²) in [5.41, 5.74) is 2.88. The van der Waals surface area contributed by atoms with Crippen LogP contribution in [0, 0.1) is 17.0 Å². The van der Waals surface area contributed by atoms with Crippen LogP contribution in [0.4, 0.5) is 17.1 Å². The second kappa shape index (κ2) is 7.63. The Kier molecular flexibility index (Phi) is 5.27. The zero-order valence-electron chi connectivity index (χ0n) is 15.1. The first-order valence-corrected chi connectivity index (χ1v) is 8.98. The molecule has 1 fully saturated rings. The van der Waals surface area contributed by atoms with Gasteiger partial charge in [0.1, 0.15) is 5.69 Å². The van der Waals surface area contributed by atoms with Gasteiger partial charge in [0.25, 0.3) is 11.6 Å². The largest absolute Gasteiger partial charge is 0.372 e. The van der Waals surface area contributed by atoms with Gasteiger partial charge in [0.05, 0.1) is 15.5 Å². The highest BCUT2D eigenvalue weighted by atomic mass is 32.2. The maximum absolute atomic E-state index is 12.2. The third-order valence-corrected chi connectivity index (χ3v) is 4.87. The Labute approximate surface area is 160 Å². The number of nitrogens with one attached hydrogen (secondary N) is 1. The monoisotopic (exact) mass is 382 g/mol. The second-order valence-electron chi connectivity index (χ2n) is 6.17. The first-order chi connectivity index (χ1) is 12.8. The molecule has 2 aromatic rings. The van der Waals surface area contributed by atoms with Crippen molar-refractivity contribution >= 4 is 46.0 Å². The average molecular weight is 382 g/mol. The molecule has 7 nitrogen and oxygen atoms in total. The summed E-state index contributed by atoms with van der Waals surface area (Å²) in [4.78, 5) is 29.7. The van der Waals surface area contributed by atoms with E-state index in [9.17, 15) is 14.9 Å². The van der Waals surface area contributed by atoms with Gasteiger partial charge in [-0.1, -0.05) is 24.3 Å². The van der Waals surface area contributed by atoms with E-state index in [1.54, 1.807) is 37.2 Å². The molecular formula is C19H18N4O3S. The van der Waals surface area contributed by atoms with Crippen LogP contribution in [0.2, 0.25) is 0 Å². The fraction of sp³-hybridized carbons (Fsp3) is 0.158. The van der Waals surface area contributed by atoms with Gasteiger partial charge in [-0.3, -0.25) is 14.9 Å². The van der Waals surface area contributed by atoms with Crippen molar-refractivity contribution in [1.82, 2.24) is 5.32 Å². The van der Waals surface area contributed by atoms with Gasteiger partial charge in [-0.2, -0.15) is 0 Å². The molecule has 0 radical (unpaired) electrons. The van der Waals surface area contributed by atoms with Crippen molar-refractivity contribution in [2.75, 3.05) is 19.0 Å². The Balaban J connectivity index is 1.90. The van der Waals surface area contributed by atoms with Crippen molar-refractivity contribution in [3.8, 4) is 0 Å². The number of hydrogen-bond donors (Lipinski definition) is 1. The highest BCUT2D eigenvalue weighted by Gasteiger charge is 2.24. The number of nitrogens with zero attached hydrogens (tertiary/aromatic N) is 3. The number of benzene rings is 2. The third-order valence-electron chi connectivity index (χ3n) is 3.96. The lowest BCUT2D eigenvalue weighted by Gasteiger charge is -2.12. The number of aliphatic imine (C=N–C) groups is 1. The number of thioether (sulfide) groups is 1. The Hall–Kier alpha value is -3.13. The van der Waals surface area contributed by atoms with Crippen molar-refractivity contribution in [1.29, 1.82) is 0 Å². The molecule has 0 bridgehead atoms. The van der Waals surface area contributed by atoms with Crippen molar-refractivity contribution < 1.29 is 9.72 Å². The van der Waals surface area contributed by atoms with E-state index >= 15 is 0 Å². The second-order valence-corrected chi connectivity index (χ2v) is 7.20. The summed E-state index contributed by atoms with van der Waals surface area (Å²) < 4.78 is 0. The minimum atomic E-state index is -0.426. The summed E-state index contributed by atoms with van der Waals surface area (Å²) in [7, 11) is 3.49. The highest BCUT2D eigenvalue weighted by molar-refractivity contribution is 8.18. The van der Waals surface area contributed by atoms with E-state index in [0.29, 0.717) is 21.3 Å². The molecule has 27 heavy (non-hydrogen) atoms. The number of nitro benzene ring substituents is 1. The van der Waals surface area contributed by atoms with Crippen LogP contribution in [0.15, 0.2) is 52.4 Å². The first-order valence-electron chi connectivity index (χ1n) is 8.16. The zero-order valence-corrected chi connectivity index (χ0v) is 15.9. The van der Waals surface area contributed by atoms with E-state index < -0.39 is 4.92 Å². The summed E-state index contributed by atoms with van der Waals surface area (Å²) in [6.45, 7) is 1.95.